The predicted octanol–water partition coefficient (Wildman–Crippen LogP) is 12.5. The van der Waals surface area contributed by atoms with E-state index in [0.29, 0.717) is 17.8 Å². The van der Waals surface area contributed by atoms with Crippen molar-refractivity contribution in [1.29, 1.82) is 0 Å². The van der Waals surface area contributed by atoms with E-state index in [1.165, 1.54) is 40.5 Å². The number of hydrogen-bond donors (Lipinski definition) is 1. The number of aromatic nitrogens is 1. The van der Waals surface area contributed by atoms with E-state index in [0.717, 1.165) is 36.9 Å². The molecule has 5 heteroatoms. The smallest absolute Gasteiger partial charge is 0.162 e. The molecule has 275 valence electrons. The van der Waals surface area contributed by atoms with Gasteiger partial charge in [0, 0.05) is 49.9 Å². The summed E-state index contributed by atoms with van der Waals surface area (Å²) in [4.78, 5) is 16.6. The number of carbonyl (C=O) groups is 1. The minimum Gasteiger partial charge on any atom is -0.512 e. The minimum atomic E-state index is -1.68. The third-order valence-electron chi connectivity index (χ3n) is 9.71. The second-order valence-electron chi connectivity index (χ2n) is 16.4. The van der Waals surface area contributed by atoms with E-state index in [1.807, 2.05) is 27.7 Å². The molecule has 2 aromatic carbocycles. The van der Waals surface area contributed by atoms with E-state index in [2.05, 4.69) is 117 Å². The molecular formula is C44H68IrNO2Si-. The zero-order valence-electron chi connectivity index (χ0n) is 33.2. The molecule has 0 aliphatic rings. The van der Waals surface area contributed by atoms with Crippen molar-refractivity contribution in [3.05, 3.63) is 72.1 Å². The average molecular weight is 863 g/mol. The Labute approximate surface area is 315 Å². The molecule has 0 spiro atoms. The van der Waals surface area contributed by atoms with Crippen molar-refractivity contribution in [3.63, 3.8) is 0 Å². The molecule has 0 fully saturated rings. The molecule has 49 heavy (non-hydrogen) atoms. The fourth-order valence-electron chi connectivity index (χ4n) is 7.62. The van der Waals surface area contributed by atoms with Crippen molar-refractivity contribution < 1.29 is 30.0 Å². The van der Waals surface area contributed by atoms with Crippen LogP contribution in [0.5, 0.6) is 0 Å². The van der Waals surface area contributed by atoms with Crippen LogP contribution in [0.15, 0.2) is 60.5 Å². The molecule has 0 unspecified atom stereocenters. The number of carbonyl (C=O) groups excluding carboxylic acids is 1. The number of pyridine rings is 1. The van der Waals surface area contributed by atoms with Crippen LogP contribution < -0.4 is 5.19 Å². The SMILES string of the molecule is CC(C)C[Si](CC(C)C)(CC(C)C)c1ccnc(-c2[c-]c3ccccc3c(C(C)(C)C)c2)c1.CCC(CC)C(=O)/C=C(\O)C(CC)CC.[Ir]. The van der Waals surface area contributed by atoms with Crippen LogP contribution >= 0.6 is 0 Å². The molecule has 0 bridgehead atoms. The molecule has 3 rings (SSSR count). The summed E-state index contributed by atoms with van der Waals surface area (Å²) in [6, 6.07) is 23.5. The van der Waals surface area contributed by atoms with Gasteiger partial charge in [0.25, 0.3) is 0 Å². The first kappa shape index (κ1) is 44.9. The van der Waals surface area contributed by atoms with E-state index in [9.17, 15) is 9.90 Å². The summed E-state index contributed by atoms with van der Waals surface area (Å²) in [5.41, 5.74) is 3.64. The van der Waals surface area contributed by atoms with E-state index in [4.69, 9.17) is 4.98 Å². The van der Waals surface area contributed by atoms with Gasteiger partial charge in [0.05, 0.1) is 13.8 Å². The predicted molar refractivity (Wildman–Crippen MR) is 213 cm³/mol. The molecule has 1 N–H and O–H groups in total. The summed E-state index contributed by atoms with van der Waals surface area (Å²) in [6.45, 7) is 29.4. The van der Waals surface area contributed by atoms with Crippen LogP contribution in [0.3, 0.4) is 0 Å². The molecule has 0 saturated heterocycles. The van der Waals surface area contributed by atoms with Gasteiger partial charge in [-0.25, -0.2) is 0 Å². The molecule has 0 aliphatic heterocycles. The van der Waals surface area contributed by atoms with Gasteiger partial charge < -0.3 is 5.11 Å². The van der Waals surface area contributed by atoms with Gasteiger partial charge in [0.2, 0.25) is 0 Å². The summed E-state index contributed by atoms with van der Waals surface area (Å²) in [5, 5.41) is 13.8. The molecule has 1 radical (unpaired) electrons. The molecule has 3 aromatic rings. The van der Waals surface area contributed by atoms with E-state index < -0.39 is 8.07 Å². The van der Waals surface area contributed by atoms with E-state index in [1.54, 1.807) is 5.19 Å². The Morgan fingerprint density at radius 3 is 1.80 bits per heavy atom. The molecule has 0 aliphatic carbocycles. The third kappa shape index (κ3) is 13.2. The average Bonchev–Trinajstić information content (AvgIpc) is 3.00. The zero-order valence-corrected chi connectivity index (χ0v) is 36.6. The molecule has 0 amide bonds. The number of fused-ring (bicyclic) bond motifs is 1. The van der Waals surface area contributed by atoms with Crippen molar-refractivity contribution in [2.75, 3.05) is 0 Å². The molecule has 1 aromatic heterocycles. The van der Waals surface area contributed by atoms with Crippen LogP contribution in [0.25, 0.3) is 22.0 Å². The maximum atomic E-state index is 11.7. The Balaban J connectivity index is 0.000000637. The minimum absolute atomic E-state index is 0. The monoisotopic (exact) mass is 863 g/mol. The van der Waals surface area contributed by atoms with Crippen LogP contribution in [0.4, 0.5) is 0 Å². The number of ketones is 1. The van der Waals surface area contributed by atoms with Gasteiger partial charge in [-0.2, -0.15) is 0 Å². The first-order valence-corrected chi connectivity index (χ1v) is 21.5. The zero-order chi connectivity index (χ0) is 36.2. The Morgan fingerprint density at radius 2 is 1.33 bits per heavy atom. The standard InChI is InChI=1S/C31H44NSi.C13H24O2.Ir/c1-22(2)19-33(20-23(3)4,21-24(5)6)27-14-15-32-30(18-27)26-16-25-12-10-11-13-28(25)29(17-26)31(7,8)9;1-5-10(6-2)12(14)9-13(15)11(7-3)8-4;/h10-15,17-18,22-24H,19-21H2,1-9H3;9-11,14H,5-8H2,1-4H3;/q-1;;/b;12-9-;. The fourth-order valence-corrected chi connectivity index (χ4v) is 14.4. The van der Waals surface area contributed by atoms with Gasteiger partial charge in [-0.15, -0.1) is 29.1 Å². The Morgan fingerprint density at radius 1 is 0.816 bits per heavy atom. The van der Waals surface area contributed by atoms with Gasteiger partial charge in [0.1, 0.15) is 0 Å². The number of nitrogens with zero attached hydrogens (tertiary/aromatic N) is 1. The number of rotatable bonds is 15. The number of allylic oxidation sites excluding steroid dienone is 2. The van der Waals surface area contributed by atoms with Crippen molar-refractivity contribution in [3.8, 4) is 11.3 Å². The van der Waals surface area contributed by atoms with Crippen molar-refractivity contribution in [2.45, 2.75) is 139 Å². The summed E-state index contributed by atoms with van der Waals surface area (Å²) in [7, 11) is -1.68. The van der Waals surface area contributed by atoms with E-state index in [-0.39, 0.29) is 48.9 Å². The van der Waals surface area contributed by atoms with Crippen LogP contribution in [0.2, 0.25) is 18.1 Å². The third-order valence-corrected chi connectivity index (χ3v) is 16.0. The van der Waals surface area contributed by atoms with Crippen LogP contribution in [0.1, 0.15) is 121 Å². The van der Waals surface area contributed by atoms with Crippen molar-refractivity contribution >= 4 is 29.8 Å². The quantitative estimate of drug-likeness (QED) is 0.0717. The number of hydrogen-bond acceptors (Lipinski definition) is 3. The Bertz CT molecular complexity index is 1430. The molecule has 3 nitrogen and oxygen atoms in total. The van der Waals surface area contributed by atoms with Gasteiger partial charge in [-0.1, -0.05) is 149 Å². The first-order valence-electron chi connectivity index (χ1n) is 18.9. The Hall–Kier alpha value is -2.07. The fraction of sp³-hybridized carbons (Fsp3) is 0.591. The molecule has 0 atom stereocenters. The number of aliphatic hydroxyl groups is 1. The van der Waals surface area contributed by atoms with E-state index >= 15 is 0 Å². The summed E-state index contributed by atoms with van der Waals surface area (Å²) in [5.74, 6) is 2.69. The maximum absolute atomic E-state index is 11.7. The normalized spacial score (nSPS) is 12.6. The second kappa shape index (κ2) is 20.7. The van der Waals surface area contributed by atoms with Gasteiger partial charge in [-0.3, -0.25) is 9.78 Å². The summed E-state index contributed by atoms with van der Waals surface area (Å²) >= 11 is 0. The van der Waals surface area contributed by atoms with Crippen molar-refractivity contribution in [1.82, 2.24) is 4.98 Å². The van der Waals surface area contributed by atoms with Gasteiger partial charge >= 0.3 is 0 Å². The summed E-state index contributed by atoms with van der Waals surface area (Å²) < 4.78 is 0. The van der Waals surface area contributed by atoms with Crippen LogP contribution in [-0.4, -0.2) is 23.9 Å². The number of benzene rings is 2. The second-order valence-corrected chi connectivity index (χ2v) is 20.8. The maximum Gasteiger partial charge on any atom is 0.162 e. The molecule has 1 heterocycles. The molecule has 0 saturated carbocycles. The molecular weight excluding hydrogens is 795 g/mol. The topological polar surface area (TPSA) is 50.2 Å². The summed E-state index contributed by atoms with van der Waals surface area (Å²) in [6.07, 6.45) is 6.97. The van der Waals surface area contributed by atoms with Gasteiger partial charge in [0.15, 0.2) is 5.78 Å². The van der Waals surface area contributed by atoms with Crippen LogP contribution in [-0.2, 0) is 30.3 Å². The largest absolute Gasteiger partial charge is 0.512 e. The van der Waals surface area contributed by atoms with Gasteiger partial charge in [-0.05, 0) is 54.9 Å². The van der Waals surface area contributed by atoms with Crippen molar-refractivity contribution in [2.24, 2.45) is 29.6 Å². The Kier molecular flexibility index (Phi) is 19.0. The first-order chi connectivity index (χ1) is 22.5. The van der Waals surface area contributed by atoms with Crippen LogP contribution in [0, 0.1) is 35.7 Å². The number of aliphatic hydroxyl groups excluding tert-OH is 1.